The summed E-state index contributed by atoms with van der Waals surface area (Å²) in [5.41, 5.74) is 8.83. The second kappa shape index (κ2) is 7.34. The summed E-state index contributed by atoms with van der Waals surface area (Å²) in [6.07, 6.45) is 1.08. The standard InChI is InChI=1S/C23H32/c1-8-18-11-9-10-12-20(18)23-21(16(4)5)13-19(15(2)3)14-22(23)17(6)7/h9-17H,8H2,1-7H3. The third-order valence-electron chi connectivity index (χ3n) is 4.80. The minimum Gasteiger partial charge on any atom is -0.0620 e. The van der Waals surface area contributed by atoms with Crippen molar-refractivity contribution in [1.29, 1.82) is 0 Å². The lowest BCUT2D eigenvalue weighted by atomic mass is 9.80. The molecule has 0 heterocycles. The molecule has 0 atom stereocenters. The lowest BCUT2D eigenvalue weighted by Crippen LogP contribution is -2.04. The Morgan fingerprint density at radius 2 is 1.26 bits per heavy atom. The fourth-order valence-corrected chi connectivity index (χ4v) is 3.34. The van der Waals surface area contributed by atoms with E-state index in [-0.39, 0.29) is 0 Å². The molecule has 0 spiro atoms. The fraction of sp³-hybridized carbons (Fsp3) is 0.478. The summed E-state index contributed by atoms with van der Waals surface area (Å²) >= 11 is 0. The van der Waals surface area contributed by atoms with Crippen LogP contribution in [-0.4, -0.2) is 0 Å². The monoisotopic (exact) mass is 308 g/mol. The molecule has 0 aliphatic rings. The van der Waals surface area contributed by atoms with Crippen molar-refractivity contribution >= 4 is 0 Å². The Bertz CT molecular complexity index is 630. The molecular formula is C23H32. The van der Waals surface area contributed by atoms with E-state index in [1.165, 1.54) is 33.4 Å². The van der Waals surface area contributed by atoms with E-state index in [9.17, 15) is 0 Å². The Morgan fingerprint density at radius 3 is 1.70 bits per heavy atom. The highest BCUT2D eigenvalue weighted by Gasteiger charge is 2.19. The molecule has 0 aliphatic heterocycles. The second-order valence-corrected chi connectivity index (χ2v) is 7.55. The van der Waals surface area contributed by atoms with Gasteiger partial charge in [0.25, 0.3) is 0 Å². The molecule has 0 radical (unpaired) electrons. The minimum atomic E-state index is 0.533. The van der Waals surface area contributed by atoms with Crippen molar-refractivity contribution in [3.05, 3.63) is 58.7 Å². The topological polar surface area (TPSA) is 0 Å². The first-order valence-corrected chi connectivity index (χ1v) is 9.12. The van der Waals surface area contributed by atoms with E-state index in [1.807, 2.05) is 0 Å². The maximum atomic E-state index is 2.45. The quantitative estimate of drug-likeness (QED) is 0.544. The normalized spacial score (nSPS) is 11.7. The van der Waals surface area contributed by atoms with E-state index in [1.54, 1.807) is 0 Å². The molecule has 2 aromatic carbocycles. The average Bonchev–Trinajstić information content (AvgIpc) is 2.53. The molecule has 124 valence electrons. The van der Waals surface area contributed by atoms with Crippen LogP contribution in [0.5, 0.6) is 0 Å². The van der Waals surface area contributed by atoms with E-state index in [0.29, 0.717) is 17.8 Å². The third kappa shape index (κ3) is 3.68. The molecule has 0 fully saturated rings. The van der Waals surface area contributed by atoms with Gasteiger partial charge < -0.3 is 0 Å². The van der Waals surface area contributed by atoms with Crippen molar-refractivity contribution in [2.45, 2.75) is 72.6 Å². The number of hydrogen-bond acceptors (Lipinski definition) is 0. The lowest BCUT2D eigenvalue weighted by Gasteiger charge is -2.24. The van der Waals surface area contributed by atoms with Crippen molar-refractivity contribution in [2.24, 2.45) is 0 Å². The second-order valence-electron chi connectivity index (χ2n) is 7.55. The predicted molar refractivity (Wildman–Crippen MR) is 104 cm³/mol. The molecule has 0 nitrogen and oxygen atoms in total. The fourth-order valence-electron chi connectivity index (χ4n) is 3.34. The van der Waals surface area contributed by atoms with Crippen LogP contribution >= 0.6 is 0 Å². The van der Waals surface area contributed by atoms with Crippen LogP contribution in [0, 0.1) is 0 Å². The lowest BCUT2D eigenvalue weighted by molar-refractivity contribution is 0.807. The van der Waals surface area contributed by atoms with Crippen molar-refractivity contribution in [1.82, 2.24) is 0 Å². The van der Waals surface area contributed by atoms with Gasteiger partial charge in [0.15, 0.2) is 0 Å². The molecule has 0 heteroatoms. The summed E-state index contributed by atoms with van der Waals surface area (Å²) in [4.78, 5) is 0. The molecule has 2 rings (SSSR count). The zero-order chi connectivity index (χ0) is 17.1. The Hall–Kier alpha value is -1.56. The molecule has 0 saturated heterocycles. The highest BCUT2D eigenvalue weighted by atomic mass is 14.2. The van der Waals surface area contributed by atoms with Gasteiger partial charge >= 0.3 is 0 Å². The van der Waals surface area contributed by atoms with Crippen molar-refractivity contribution in [3.63, 3.8) is 0 Å². The molecule has 0 amide bonds. The minimum absolute atomic E-state index is 0.533. The highest BCUT2D eigenvalue weighted by molar-refractivity contribution is 5.76. The third-order valence-corrected chi connectivity index (χ3v) is 4.80. The summed E-state index contributed by atoms with van der Waals surface area (Å²) in [6.45, 7) is 16.1. The molecule has 0 aromatic heterocycles. The Labute approximate surface area is 143 Å². The maximum absolute atomic E-state index is 2.45. The van der Waals surface area contributed by atoms with Crippen LogP contribution in [0.1, 0.15) is 88.5 Å². The van der Waals surface area contributed by atoms with Gasteiger partial charge in [-0.2, -0.15) is 0 Å². The number of benzene rings is 2. The zero-order valence-electron chi connectivity index (χ0n) is 15.9. The summed E-state index contributed by atoms with van der Waals surface area (Å²) in [5.74, 6) is 1.64. The van der Waals surface area contributed by atoms with Gasteiger partial charge in [-0.15, -0.1) is 0 Å². The maximum Gasteiger partial charge on any atom is -0.0112 e. The summed E-state index contributed by atoms with van der Waals surface area (Å²) in [7, 11) is 0. The SMILES string of the molecule is CCc1ccccc1-c1c(C(C)C)cc(C(C)C)cc1C(C)C. The van der Waals surface area contributed by atoms with E-state index in [2.05, 4.69) is 84.9 Å². The number of hydrogen-bond donors (Lipinski definition) is 0. The van der Waals surface area contributed by atoms with Crippen LogP contribution in [0.25, 0.3) is 11.1 Å². The van der Waals surface area contributed by atoms with E-state index in [0.717, 1.165) is 6.42 Å². The average molecular weight is 309 g/mol. The van der Waals surface area contributed by atoms with Crippen LogP contribution in [0.3, 0.4) is 0 Å². The highest BCUT2D eigenvalue weighted by Crippen LogP contribution is 2.40. The van der Waals surface area contributed by atoms with Crippen LogP contribution < -0.4 is 0 Å². The molecule has 0 saturated carbocycles. The van der Waals surface area contributed by atoms with Crippen LogP contribution in [0.15, 0.2) is 36.4 Å². The molecule has 0 N–H and O–H groups in total. The smallest absolute Gasteiger partial charge is 0.0112 e. The van der Waals surface area contributed by atoms with E-state index < -0.39 is 0 Å². The summed E-state index contributed by atoms with van der Waals surface area (Å²) in [6, 6.07) is 13.8. The van der Waals surface area contributed by atoms with Crippen LogP contribution in [-0.2, 0) is 6.42 Å². The van der Waals surface area contributed by atoms with Crippen LogP contribution in [0.4, 0.5) is 0 Å². The van der Waals surface area contributed by atoms with Gasteiger partial charge in [0.1, 0.15) is 0 Å². The predicted octanol–water partition coefficient (Wildman–Crippen LogP) is 7.29. The van der Waals surface area contributed by atoms with Gasteiger partial charge in [-0.3, -0.25) is 0 Å². The largest absolute Gasteiger partial charge is 0.0620 e. The van der Waals surface area contributed by atoms with E-state index in [4.69, 9.17) is 0 Å². The van der Waals surface area contributed by atoms with Gasteiger partial charge in [0, 0.05) is 0 Å². The first kappa shape index (κ1) is 17.8. The molecular weight excluding hydrogens is 276 g/mol. The van der Waals surface area contributed by atoms with Gasteiger partial charge in [0.05, 0.1) is 0 Å². The Kier molecular flexibility index (Phi) is 5.68. The molecule has 0 aliphatic carbocycles. The molecule has 2 aromatic rings. The first-order valence-electron chi connectivity index (χ1n) is 9.12. The molecule has 0 bridgehead atoms. The van der Waals surface area contributed by atoms with Gasteiger partial charge in [-0.05, 0) is 57.6 Å². The molecule has 0 unspecified atom stereocenters. The summed E-state index contributed by atoms with van der Waals surface area (Å²) in [5, 5.41) is 0. The van der Waals surface area contributed by atoms with E-state index >= 15 is 0 Å². The van der Waals surface area contributed by atoms with Gasteiger partial charge in [-0.1, -0.05) is 84.9 Å². The van der Waals surface area contributed by atoms with Crippen molar-refractivity contribution < 1.29 is 0 Å². The Morgan fingerprint density at radius 1 is 0.739 bits per heavy atom. The van der Waals surface area contributed by atoms with Crippen molar-refractivity contribution in [2.75, 3.05) is 0 Å². The molecule has 23 heavy (non-hydrogen) atoms. The number of rotatable bonds is 5. The zero-order valence-corrected chi connectivity index (χ0v) is 15.9. The summed E-state index contributed by atoms with van der Waals surface area (Å²) < 4.78 is 0. The Balaban J connectivity index is 2.84. The first-order chi connectivity index (χ1) is 10.9. The van der Waals surface area contributed by atoms with Crippen LogP contribution in [0.2, 0.25) is 0 Å². The van der Waals surface area contributed by atoms with Gasteiger partial charge in [0.2, 0.25) is 0 Å². The van der Waals surface area contributed by atoms with Gasteiger partial charge in [-0.25, -0.2) is 0 Å². The number of aryl methyl sites for hydroxylation is 1. The van der Waals surface area contributed by atoms with Crippen molar-refractivity contribution in [3.8, 4) is 11.1 Å².